The normalized spacial score (nSPS) is 13.2. The minimum Gasteiger partial charge on any atom is -0.375 e. The smallest absolute Gasteiger partial charge is 0.220 e. The number of unbranched alkanes of at least 4 members (excludes halogenated alkanes) is 1. The van der Waals surface area contributed by atoms with Gasteiger partial charge in [0.05, 0.1) is 5.60 Å². The Morgan fingerprint density at radius 1 is 0.879 bits per heavy atom. The van der Waals surface area contributed by atoms with E-state index in [9.17, 15) is 9.59 Å². The summed E-state index contributed by atoms with van der Waals surface area (Å²) in [6.07, 6.45) is 12.2. The zero-order chi connectivity index (χ0) is 25.2. The third-order valence-electron chi connectivity index (χ3n) is 7.81. The third kappa shape index (κ3) is 13.5. The van der Waals surface area contributed by atoms with Crippen LogP contribution < -0.4 is 10.6 Å². The van der Waals surface area contributed by atoms with Gasteiger partial charge in [0.15, 0.2) is 0 Å². The van der Waals surface area contributed by atoms with Crippen molar-refractivity contribution in [1.29, 1.82) is 0 Å². The van der Waals surface area contributed by atoms with Crippen molar-refractivity contribution < 1.29 is 14.3 Å². The number of hydrogen-bond donors (Lipinski definition) is 2. The Labute approximate surface area is 205 Å². The van der Waals surface area contributed by atoms with E-state index in [1.807, 2.05) is 6.92 Å². The van der Waals surface area contributed by atoms with Gasteiger partial charge in [0.2, 0.25) is 5.91 Å². The molecule has 0 spiro atoms. The van der Waals surface area contributed by atoms with Gasteiger partial charge in [-0.1, -0.05) is 54.4 Å². The Morgan fingerprint density at radius 3 is 2.09 bits per heavy atom. The summed E-state index contributed by atoms with van der Waals surface area (Å²) in [6.45, 7) is 17.7. The molecule has 1 unspecified atom stereocenters. The average molecular weight is 469 g/mol. The highest BCUT2D eigenvalue weighted by Crippen LogP contribution is 2.33. The Balaban J connectivity index is 4.62. The van der Waals surface area contributed by atoms with E-state index in [1.54, 1.807) is 0 Å². The minimum atomic E-state index is -0.0503. The molecule has 5 heteroatoms. The van der Waals surface area contributed by atoms with Crippen molar-refractivity contribution in [3.8, 4) is 0 Å². The van der Waals surface area contributed by atoms with Gasteiger partial charge in [0.1, 0.15) is 5.78 Å². The first-order valence-electron chi connectivity index (χ1n) is 13.9. The van der Waals surface area contributed by atoms with Crippen LogP contribution in [0.4, 0.5) is 0 Å². The number of carbonyl (C=O) groups is 2. The fraction of sp³-hybridized carbons (Fsp3) is 0.929. The van der Waals surface area contributed by atoms with Crippen LogP contribution in [0.2, 0.25) is 0 Å². The summed E-state index contributed by atoms with van der Waals surface area (Å²) in [4.78, 5) is 23.7. The molecule has 1 atom stereocenters. The molecule has 0 fully saturated rings. The third-order valence-corrected chi connectivity index (χ3v) is 7.81. The van der Waals surface area contributed by atoms with Crippen LogP contribution in [0.5, 0.6) is 0 Å². The van der Waals surface area contributed by atoms with Gasteiger partial charge in [-0.25, -0.2) is 0 Å². The van der Waals surface area contributed by atoms with Gasteiger partial charge in [-0.2, -0.15) is 0 Å². The molecule has 196 valence electrons. The minimum absolute atomic E-state index is 0.0129. The number of hydrogen-bond acceptors (Lipinski definition) is 4. The Bertz CT molecular complexity index is 513. The van der Waals surface area contributed by atoms with Crippen molar-refractivity contribution in [2.75, 3.05) is 19.7 Å². The summed E-state index contributed by atoms with van der Waals surface area (Å²) in [6, 6.07) is 0.591. The van der Waals surface area contributed by atoms with Crippen molar-refractivity contribution in [2.24, 2.45) is 5.41 Å². The van der Waals surface area contributed by atoms with E-state index in [-0.39, 0.29) is 22.7 Å². The highest BCUT2D eigenvalue weighted by Gasteiger charge is 2.30. The summed E-state index contributed by atoms with van der Waals surface area (Å²) in [5.41, 5.74) is -0.000759. The summed E-state index contributed by atoms with van der Waals surface area (Å²) in [7, 11) is 0. The first-order chi connectivity index (χ1) is 15.8. The molecule has 33 heavy (non-hydrogen) atoms. The molecule has 0 bridgehead atoms. The summed E-state index contributed by atoms with van der Waals surface area (Å²) in [5, 5.41) is 6.76. The molecule has 5 nitrogen and oxygen atoms in total. The van der Waals surface area contributed by atoms with E-state index >= 15 is 0 Å². The van der Waals surface area contributed by atoms with Crippen molar-refractivity contribution >= 4 is 11.7 Å². The Morgan fingerprint density at radius 2 is 1.55 bits per heavy atom. The lowest BCUT2D eigenvalue weighted by Crippen LogP contribution is -2.39. The predicted molar refractivity (Wildman–Crippen MR) is 141 cm³/mol. The number of rotatable bonds is 22. The van der Waals surface area contributed by atoms with Gasteiger partial charge < -0.3 is 15.4 Å². The molecule has 0 saturated carbocycles. The zero-order valence-corrected chi connectivity index (χ0v) is 23.1. The van der Waals surface area contributed by atoms with Gasteiger partial charge >= 0.3 is 0 Å². The molecular formula is C28H56N2O3. The molecule has 0 aromatic heterocycles. The fourth-order valence-corrected chi connectivity index (χ4v) is 4.48. The molecule has 0 radical (unpaired) electrons. The summed E-state index contributed by atoms with van der Waals surface area (Å²) >= 11 is 0. The van der Waals surface area contributed by atoms with Crippen molar-refractivity contribution in [3.63, 3.8) is 0 Å². The maximum atomic E-state index is 12.2. The van der Waals surface area contributed by atoms with Crippen molar-refractivity contribution in [3.05, 3.63) is 0 Å². The molecule has 1 amide bonds. The number of amides is 1. The SMILES string of the molecule is CCCCC(C)NCCCC(CC)(CC)OCCC(CC)(CC)CNC(=O)CCC(=O)CC. The number of ether oxygens (including phenoxy) is 1. The molecule has 0 aromatic rings. The highest BCUT2D eigenvalue weighted by atomic mass is 16.5. The molecule has 0 aromatic carbocycles. The number of carbonyl (C=O) groups excluding carboxylic acids is 2. The Kier molecular flexibility index (Phi) is 17.9. The lowest BCUT2D eigenvalue weighted by molar-refractivity contribution is -0.125. The molecule has 0 aliphatic carbocycles. The van der Waals surface area contributed by atoms with Crippen LogP contribution in [0, 0.1) is 5.41 Å². The van der Waals surface area contributed by atoms with Crippen LogP contribution in [0.25, 0.3) is 0 Å². The largest absolute Gasteiger partial charge is 0.375 e. The molecule has 0 heterocycles. The quantitative estimate of drug-likeness (QED) is 0.176. The number of Topliss-reactive ketones (excluding diaryl/α,β-unsaturated/α-hetero) is 1. The second-order valence-corrected chi connectivity index (χ2v) is 9.97. The standard InChI is InChI=1S/C28H56N2O3/c1-8-14-16-24(7)29-21-15-19-28(12-5,13-6)33-22-20-27(10-3,11-4)23-30-26(32)18-17-25(31)9-2/h24,29H,8-23H2,1-7H3,(H,30,32). The van der Waals surface area contributed by atoms with E-state index in [4.69, 9.17) is 4.74 Å². The van der Waals surface area contributed by atoms with Crippen LogP contribution in [-0.4, -0.2) is 43.0 Å². The fourth-order valence-electron chi connectivity index (χ4n) is 4.48. The van der Waals surface area contributed by atoms with Crippen LogP contribution in [0.15, 0.2) is 0 Å². The molecule has 0 saturated heterocycles. The van der Waals surface area contributed by atoms with Gasteiger partial charge in [-0.3, -0.25) is 9.59 Å². The number of nitrogens with one attached hydrogen (secondary N) is 2. The van der Waals surface area contributed by atoms with E-state index in [2.05, 4.69) is 52.2 Å². The molecule has 0 aliphatic heterocycles. The Hall–Kier alpha value is -0.940. The van der Waals surface area contributed by atoms with E-state index in [0.29, 0.717) is 31.8 Å². The van der Waals surface area contributed by atoms with Gasteiger partial charge in [0.25, 0.3) is 0 Å². The first kappa shape index (κ1) is 32.1. The molecular weight excluding hydrogens is 412 g/mol. The van der Waals surface area contributed by atoms with Crippen LogP contribution in [-0.2, 0) is 14.3 Å². The second kappa shape index (κ2) is 18.4. The van der Waals surface area contributed by atoms with Gasteiger partial charge in [0, 0.05) is 38.5 Å². The van der Waals surface area contributed by atoms with E-state index < -0.39 is 0 Å². The lowest BCUT2D eigenvalue weighted by atomic mass is 9.79. The van der Waals surface area contributed by atoms with Crippen LogP contribution >= 0.6 is 0 Å². The maximum Gasteiger partial charge on any atom is 0.220 e. The predicted octanol–water partition coefficient (Wildman–Crippen LogP) is 6.58. The summed E-state index contributed by atoms with van der Waals surface area (Å²) in [5.74, 6) is 0.137. The lowest BCUT2D eigenvalue weighted by Gasteiger charge is -2.36. The molecule has 0 aliphatic rings. The monoisotopic (exact) mass is 468 g/mol. The zero-order valence-electron chi connectivity index (χ0n) is 23.1. The number of ketones is 1. The maximum absolute atomic E-state index is 12.2. The van der Waals surface area contributed by atoms with Crippen LogP contribution in [0.1, 0.15) is 132 Å². The van der Waals surface area contributed by atoms with Gasteiger partial charge in [-0.05, 0) is 70.3 Å². The topological polar surface area (TPSA) is 67.4 Å². The van der Waals surface area contributed by atoms with Gasteiger partial charge in [-0.15, -0.1) is 0 Å². The highest BCUT2D eigenvalue weighted by molar-refractivity contribution is 5.84. The van der Waals surface area contributed by atoms with Crippen LogP contribution in [0.3, 0.4) is 0 Å². The summed E-state index contributed by atoms with van der Waals surface area (Å²) < 4.78 is 6.57. The second-order valence-electron chi connectivity index (χ2n) is 9.97. The first-order valence-corrected chi connectivity index (χ1v) is 13.9. The van der Waals surface area contributed by atoms with Crippen molar-refractivity contribution in [1.82, 2.24) is 10.6 Å². The average Bonchev–Trinajstić information content (AvgIpc) is 2.84. The van der Waals surface area contributed by atoms with E-state index in [1.165, 1.54) is 19.3 Å². The van der Waals surface area contributed by atoms with Crippen molar-refractivity contribution in [2.45, 2.75) is 144 Å². The molecule has 0 rings (SSSR count). The molecule has 2 N–H and O–H groups in total. The van der Waals surface area contributed by atoms with E-state index in [0.717, 1.165) is 58.1 Å².